The van der Waals surface area contributed by atoms with E-state index in [2.05, 4.69) is 36.9 Å². The van der Waals surface area contributed by atoms with Gasteiger partial charge in [-0.05, 0) is 32.4 Å². The van der Waals surface area contributed by atoms with Crippen LogP contribution >= 0.6 is 0 Å². The van der Waals surface area contributed by atoms with Crippen molar-refractivity contribution < 1.29 is 9.53 Å². The van der Waals surface area contributed by atoms with Crippen LogP contribution < -0.4 is 9.64 Å². The zero-order chi connectivity index (χ0) is 14.9. The van der Waals surface area contributed by atoms with Crippen LogP contribution in [0.2, 0.25) is 0 Å². The van der Waals surface area contributed by atoms with Crippen LogP contribution in [0.3, 0.4) is 0 Å². The van der Waals surface area contributed by atoms with Crippen LogP contribution in [-0.2, 0) is 4.79 Å². The zero-order valence-electron chi connectivity index (χ0n) is 13.0. The van der Waals surface area contributed by atoms with Gasteiger partial charge in [0.2, 0.25) is 5.91 Å². The number of benzene rings is 1. The van der Waals surface area contributed by atoms with Crippen LogP contribution in [0.4, 0.5) is 5.69 Å². The molecule has 1 aliphatic rings. The Labute approximate surface area is 121 Å². The van der Waals surface area contributed by atoms with E-state index in [9.17, 15) is 4.79 Å². The highest BCUT2D eigenvalue weighted by molar-refractivity contribution is 5.74. The molecule has 0 N–H and O–H groups in total. The summed E-state index contributed by atoms with van der Waals surface area (Å²) in [5, 5.41) is 0. The van der Waals surface area contributed by atoms with Gasteiger partial charge in [0.25, 0.3) is 0 Å². The van der Waals surface area contributed by atoms with Crippen molar-refractivity contribution in [1.29, 1.82) is 0 Å². The Morgan fingerprint density at radius 2 is 1.85 bits per heavy atom. The maximum atomic E-state index is 11.7. The number of piperazine rings is 1. The SMILES string of the molecule is COc1cc(N2CC(C)N(C(C)=O)C(C)C2)ccc1C. The highest BCUT2D eigenvalue weighted by atomic mass is 16.5. The van der Waals surface area contributed by atoms with Crippen molar-refractivity contribution in [2.24, 2.45) is 0 Å². The maximum absolute atomic E-state index is 11.7. The van der Waals surface area contributed by atoms with E-state index in [1.165, 1.54) is 0 Å². The van der Waals surface area contributed by atoms with Gasteiger partial charge in [0, 0.05) is 43.9 Å². The summed E-state index contributed by atoms with van der Waals surface area (Å²) in [4.78, 5) is 16.0. The molecule has 1 aliphatic heterocycles. The van der Waals surface area contributed by atoms with Gasteiger partial charge in [-0.1, -0.05) is 6.07 Å². The summed E-state index contributed by atoms with van der Waals surface area (Å²) >= 11 is 0. The van der Waals surface area contributed by atoms with E-state index in [-0.39, 0.29) is 18.0 Å². The summed E-state index contributed by atoms with van der Waals surface area (Å²) in [6.07, 6.45) is 0. The summed E-state index contributed by atoms with van der Waals surface area (Å²) in [5.74, 6) is 1.07. The van der Waals surface area contributed by atoms with Gasteiger partial charge in [-0.3, -0.25) is 4.79 Å². The second-order valence-corrected chi connectivity index (χ2v) is 5.68. The molecule has 4 heteroatoms. The van der Waals surface area contributed by atoms with Crippen molar-refractivity contribution in [3.8, 4) is 5.75 Å². The van der Waals surface area contributed by atoms with Crippen molar-refractivity contribution in [1.82, 2.24) is 4.90 Å². The smallest absolute Gasteiger partial charge is 0.220 e. The fourth-order valence-corrected chi connectivity index (χ4v) is 3.16. The molecule has 2 unspecified atom stereocenters. The van der Waals surface area contributed by atoms with E-state index < -0.39 is 0 Å². The van der Waals surface area contributed by atoms with E-state index in [0.29, 0.717) is 0 Å². The predicted octanol–water partition coefficient (Wildman–Crippen LogP) is 2.45. The summed E-state index contributed by atoms with van der Waals surface area (Å²) in [7, 11) is 1.70. The number of hydrogen-bond acceptors (Lipinski definition) is 3. The minimum absolute atomic E-state index is 0.158. The first kappa shape index (κ1) is 14.7. The number of methoxy groups -OCH3 is 1. The minimum Gasteiger partial charge on any atom is -0.496 e. The fraction of sp³-hybridized carbons (Fsp3) is 0.562. The third kappa shape index (κ3) is 2.74. The molecular weight excluding hydrogens is 252 g/mol. The first-order chi connectivity index (χ1) is 9.43. The lowest BCUT2D eigenvalue weighted by Gasteiger charge is -2.45. The number of carbonyl (C=O) groups is 1. The second kappa shape index (κ2) is 5.73. The third-order valence-electron chi connectivity index (χ3n) is 4.04. The minimum atomic E-state index is 0.158. The van der Waals surface area contributed by atoms with E-state index >= 15 is 0 Å². The molecule has 0 radical (unpaired) electrons. The van der Waals surface area contributed by atoms with Gasteiger partial charge < -0.3 is 14.5 Å². The van der Waals surface area contributed by atoms with Crippen molar-refractivity contribution in [3.05, 3.63) is 23.8 Å². The van der Waals surface area contributed by atoms with E-state index in [0.717, 1.165) is 30.1 Å². The molecule has 1 fully saturated rings. The topological polar surface area (TPSA) is 32.8 Å². The molecule has 0 bridgehead atoms. The van der Waals surface area contributed by atoms with Crippen LogP contribution in [0.25, 0.3) is 0 Å². The Bertz CT molecular complexity index is 489. The number of amides is 1. The number of nitrogens with zero attached hydrogens (tertiary/aromatic N) is 2. The first-order valence-electron chi connectivity index (χ1n) is 7.12. The molecule has 1 aromatic carbocycles. The van der Waals surface area contributed by atoms with Crippen LogP contribution in [0, 0.1) is 6.92 Å². The summed E-state index contributed by atoms with van der Waals surface area (Å²) in [6.45, 7) is 9.62. The monoisotopic (exact) mass is 276 g/mol. The molecule has 2 atom stereocenters. The van der Waals surface area contributed by atoms with Crippen molar-refractivity contribution in [3.63, 3.8) is 0 Å². The van der Waals surface area contributed by atoms with Crippen LogP contribution in [0.15, 0.2) is 18.2 Å². The average Bonchev–Trinajstić information content (AvgIpc) is 2.37. The Morgan fingerprint density at radius 1 is 1.25 bits per heavy atom. The second-order valence-electron chi connectivity index (χ2n) is 5.68. The van der Waals surface area contributed by atoms with Crippen molar-refractivity contribution in [2.45, 2.75) is 39.8 Å². The molecular formula is C16H24N2O2. The lowest BCUT2D eigenvalue weighted by Crippen LogP contribution is -2.58. The molecule has 110 valence electrons. The van der Waals surface area contributed by atoms with E-state index in [1.807, 2.05) is 11.8 Å². The maximum Gasteiger partial charge on any atom is 0.220 e. The summed E-state index contributed by atoms with van der Waals surface area (Å²) in [5.41, 5.74) is 2.30. The number of carbonyl (C=O) groups excluding carboxylic acids is 1. The van der Waals surface area contributed by atoms with Crippen LogP contribution in [0.5, 0.6) is 5.75 Å². The number of rotatable bonds is 2. The quantitative estimate of drug-likeness (QED) is 0.832. The normalized spacial score (nSPS) is 22.9. The van der Waals surface area contributed by atoms with Gasteiger partial charge in [0.15, 0.2) is 0 Å². The Morgan fingerprint density at radius 3 is 2.35 bits per heavy atom. The molecule has 0 aromatic heterocycles. The van der Waals surface area contributed by atoms with E-state index in [4.69, 9.17) is 4.74 Å². The molecule has 4 nitrogen and oxygen atoms in total. The standard InChI is InChI=1S/C16H24N2O2/c1-11-6-7-15(8-16(11)20-5)17-9-12(2)18(14(4)19)13(3)10-17/h6-8,12-13H,9-10H2,1-5H3. The van der Waals surface area contributed by atoms with Gasteiger partial charge in [-0.25, -0.2) is 0 Å². The molecule has 0 saturated carbocycles. The highest BCUT2D eigenvalue weighted by Crippen LogP contribution is 2.28. The molecule has 2 rings (SSSR count). The molecule has 1 aromatic rings. The molecule has 1 heterocycles. The van der Waals surface area contributed by atoms with Crippen molar-refractivity contribution >= 4 is 11.6 Å². The lowest BCUT2D eigenvalue weighted by molar-refractivity contribution is -0.133. The largest absolute Gasteiger partial charge is 0.496 e. The van der Waals surface area contributed by atoms with E-state index in [1.54, 1.807) is 14.0 Å². The Hall–Kier alpha value is -1.71. The molecule has 1 saturated heterocycles. The first-order valence-corrected chi connectivity index (χ1v) is 7.12. The lowest BCUT2D eigenvalue weighted by atomic mass is 10.1. The molecule has 0 spiro atoms. The number of anilines is 1. The van der Waals surface area contributed by atoms with Crippen molar-refractivity contribution in [2.75, 3.05) is 25.1 Å². The van der Waals surface area contributed by atoms with Gasteiger partial charge in [0.1, 0.15) is 5.75 Å². The van der Waals surface area contributed by atoms with Crippen LogP contribution in [-0.4, -0.2) is 43.1 Å². The highest BCUT2D eigenvalue weighted by Gasteiger charge is 2.31. The van der Waals surface area contributed by atoms with Gasteiger partial charge in [-0.2, -0.15) is 0 Å². The molecule has 0 aliphatic carbocycles. The van der Waals surface area contributed by atoms with Gasteiger partial charge in [0.05, 0.1) is 7.11 Å². The van der Waals surface area contributed by atoms with Crippen LogP contribution in [0.1, 0.15) is 26.3 Å². The summed E-state index contributed by atoms with van der Waals surface area (Å²) in [6, 6.07) is 6.74. The number of aryl methyl sites for hydroxylation is 1. The number of ether oxygens (including phenoxy) is 1. The van der Waals surface area contributed by atoms with Gasteiger partial charge in [-0.15, -0.1) is 0 Å². The zero-order valence-corrected chi connectivity index (χ0v) is 13.0. The Balaban J connectivity index is 2.21. The fourth-order valence-electron chi connectivity index (χ4n) is 3.16. The van der Waals surface area contributed by atoms with Gasteiger partial charge >= 0.3 is 0 Å². The number of hydrogen-bond donors (Lipinski definition) is 0. The third-order valence-corrected chi connectivity index (χ3v) is 4.04. The molecule has 1 amide bonds. The predicted molar refractivity (Wildman–Crippen MR) is 81.4 cm³/mol. The average molecular weight is 276 g/mol. The summed E-state index contributed by atoms with van der Waals surface area (Å²) < 4.78 is 5.40. The Kier molecular flexibility index (Phi) is 4.21. The molecule has 20 heavy (non-hydrogen) atoms.